The molecule has 2 aromatic rings. The molecule has 2 heterocycles. The zero-order chi connectivity index (χ0) is 25.7. The molecule has 1 atom stereocenters. The second-order valence-electron chi connectivity index (χ2n) is 11.3. The normalized spacial score (nSPS) is 23.8. The van der Waals surface area contributed by atoms with Crippen LogP contribution in [0.25, 0.3) is 0 Å². The van der Waals surface area contributed by atoms with Crippen LogP contribution in [0.1, 0.15) is 72.5 Å². The van der Waals surface area contributed by atoms with Gasteiger partial charge in [0.05, 0.1) is 6.10 Å². The van der Waals surface area contributed by atoms with Gasteiger partial charge in [0.2, 0.25) is 0 Å². The zero-order valence-electron chi connectivity index (χ0n) is 21.9. The minimum absolute atomic E-state index is 0.0495. The molecule has 5 rings (SSSR count). The molecule has 3 aliphatic rings. The number of amides is 1. The summed E-state index contributed by atoms with van der Waals surface area (Å²) in [6.07, 6.45) is 4.23. The molecular weight excluding hydrogens is 491 g/mol. The Balaban J connectivity index is 1.17. The lowest BCUT2D eigenvalue weighted by atomic mass is 9.87. The number of carbonyl (C=O) groups excluding carboxylic acids is 1. The number of benzene rings is 2. The molecule has 2 aromatic carbocycles. The fraction of sp³-hybridized carbons (Fsp3) is 0.567. The maximum absolute atomic E-state index is 13.2. The number of aryl methyl sites for hydroxylation is 2. The highest BCUT2D eigenvalue weighted by molar-refractivity contribution is 6.52. The van der Waals surface area contributed by atoms with E-state index in [1.807, 2.05) is 62.9 Å². The van der Waals surface area contributed by atoms with Crippen molar-refractivity contribution in [3.63, 3.8) is 0 Å². The first-order valence-electron chi connectivity index (χ1n) is 13.4. The monoisotopic (exact) mass is 528 g/mol. The summed E-state index contributed by atoms with van der Waals surface area (Å²) in [5.41, 5.74) is 4.17. The summed E-state index contributed by atoms with van der Waals surface area (Å²) >= 11 is 13.9. The molecule has 4 nitrogen and oxygen atoms in total. The third-order valence-electron chi connectivity index (χ3n) is 8.73. The third kappa shape index (κ3) is 4.54. The molecule has 36 heavy (non-hydrogen) atoms. The number of rotatable bonds is 5. The number of carbonyl (C=O) groups is 1. The van der Waals surface area contributed by atoms with Crippen molar-refractivity contribution in [1.29, 1.82) is 0 Å². The van der Waals surface area contributed by atoms with Gasteiger partial charge in [-0.3, -0.25) is 4.79 Å². The Morgan fingerprint density at radius 1 is 0.944 bits per heavy atom. The molecule has 2 aliphatic heterocycles. The number of piperidine rings is 2. The summed E-state index contributed by atoms with van der Waals surface area (Å²) < 4.78 is 5.09. The molecule has 1 spiro atoms. The van der Waals surface area contributed by atoms with Crippen molar-refractivity contribution in [3.05, 3.63) is 64.7 Å². The maximum Gasteiger partial charge on any atom is 0.254 e. The lowest BCUT2D eigenvalue weighted by molar-refractivity contribution is 0.0528. The van der Waals surface area contributed by atoms with Gasteiger partial charge in [-0.15, -0.1) is 23.2 Å². The van der Waals surface area contributed by atoms with Crippen LogP contribution in [0.4, 0.5) is 0 Å². The summed E-state index contributed by atoms with van der Waals surface area (Å²) in [4.78, 5) is 17.9. The Morgan fingerprint density at radius 2 is 1.53 bits per heavy atom. The van der Waals surface area contributed by atoms with E-state index in [-0.39, 0.29) is 23.3 Å². The Hall–Kier alpha value is -1.75. The first-order valence-corrected chi connectivity index (χ1v) is 14.1. The number of halogens is 2. The van der Waals surface area contributed by atoms with E-state index in [1.165, 1.54) is 5.56 Å². The van der Waals surface area contributed by atoms with Crippen molar-refractivity contribution in [2.24, 2.45) is 5.41 Å². The van der Waals surface area contributed by atoms with E-state index in [0.717, 1.165) is 74.3 Å². The quantitative estimate of drug-likeness (QED) is 0.402. The molecule has 1 unspecified atom stereocenters. The number of nitrogens with zero attached hydrogens (tertiary/aromatic N) is 2. The molecule has 0 radical (unpaired) electrons. The smallest absolute Gasteiger partial charge is 0.254 e. The number of hydrogen-bond acceptors (Lipinski definition) is 3. The van der Waals surface area contributed by atoms with Gasteiger partial charge in [-0.1, -0.05) is 30.3 Å². The van der Waals surface area contributed by atoms with Crippen LogP contribution in [0.3, 0.4) is 0 Å². The fourth-order valence-corrected chi connectivity index (χ4v) is 7.86. The Bertz CT molecular complexity index is 1080. The van der Waals surface area contributed by atoms with Gasteiger partial charge in [0, 0.05) is 36.0 Å². The highest BCUT2D eigenvalue weighted by Crippen LogP contribution is 2.78. The molecule has 1 saturated carbocycles. The van der Waals surface area contributed by atoms with Crippen molar-refractivity contribution < 1.29 is 9.53 Å². The van der Waals surface area contributed by atoms with Crippen molar-refractivity contribution in [2.45, 2.75) is 75.8 Å². The van der Waals surface area contributed by atoms with Gasteiger partial charge in [0.1, 0.15) is 10.1 Å². The Labute approximate surface area is 225 Å². The van der Waals surface area contributed by atoms with Crippen LogP contribution in [-0.2, 0) is 0 Å². The highest BCUT2D eigenvalue weighted by atomic mass is 35.5. The number of likely N-dealkylation sites (tertiary alicyclic amines) is 2. The van der Waals surface area contributed by atoms with Crippen molar-refractivity contribution in [1.82, 2.24) is 9.80 Å². The van der Waals surface area contributed by atoms with Gasteiger partial charge in [0.15, 0.2) is 0 Å². The lowest BCUT2D eigenvalue weighted by Crippen LogP contribution is -2.49. The van der Waals surface area contributed by atoms with Crippen LogP contribution >= 0.6 is 23.2 Å². The summed E-state index contributed by atoms with van der Waals surface area (Å²) in [6.45, 7) is 11.8. The first-order chi connectivity index (χ1) is 17.1. The van der Waals surface area contributed by atoms with E-state index in [2.05, 4.69) is 17.0 Å². The van der Waals surface area contributed by atoms with Gasteiger partial charge in [-0.2, -0.15) is 0 Å². The van der Waals surface area contributed by atoms with Crippen molar-refractivity contribution in [3.8, 4) is 5.75 Å². The highest BCUT2D eigenvalue weighted by Gasteiger charge is 2.75. The van der Waals surface area contributed by atoms with E-state index >= 15 is 0 Å². The summed E-state index contributed by atoms with van der Waals surface area (Å²) in [5.74, 6) is 1.23. The van der Waals surface area contributed by atoms with E-state index in [9.17, 15) is 4.79 Å². The van der Waals surface area contributed by atoms with Crippen LogP contribution in [0.2, 0.25) is 0 Å². The van der Waals surface area contributed by atoms with Crippen LogP contribution in [0.15, 0.2) is 42.5 Å². The van der Waals surface area contributed by atoms with E-state index in [1.54, 1.807) is 0 Å². The predicted molar refractivity (Wildman–Crippen MR) is 147 cm³/mol. The first kappa shape index (κ1) is 25.9. The van der Waals surface area contributed by atoms with Crippen LogP contribution in [0.5, 0.6) is 5.75 Å². The molecular formula is C30H38Cl2N2O2. The molecule has 0 aromatic heterocycles. The molecule has 1 aliphatic carbocycles. The van der Waals surface area contributed by atoms with Gasteiger partial charge >= 0.3 is 0 Å². The van der Waals surface area contributed by atoms with E-state index in [4.69, 9.17) is 27.9 Å². The summed E-state index contributed by atoms with van der Waals surface area (Å²) in [7, 11) is 0. The molecule has 0 N–H and O–H groups in total. The van der Waals surface area contributed by atoms with Crippen LogP contribution in [-0.4, -0.2) is 58.4 Å². The zero-order valence-corrected chi connectivity index (χ0v) is 23.4. The second kappa shape index (κ2) is 9.85. The molecule has 2 saturated heterocycles. The second-order valence-corrected chi connectivity index (χ2v) is 12.7. The van der Waals surface area contributed by atoms with Gasteiger partial charge < -0.3 is 14.5 Å². The average Bonchev–Trinajstić information content (AvgIpc) is 3.32. The van der Waals surface area contributed by atoms with Crippen LogP contribution in [0, 0.1) is 19.3 Å². The Kier molecular flexibility index (Phi) is 7.08. The Morgan fingerprint density at radius 3 is 2.08 bits per heavy atom. The van der Waals surface area contributed by atoms with E-state index in [0.29, 0.717) is 6.04 Å². The maximum atomic E-state index is 13.2. The fourth-order valence-electron chi connectivity index (χ4n) is 6.70. The van der Waals surface area contributed by atoms with Crippen molar-refractivity contribution in [2.75, 3.05) is 26.2 Å². The average molecular weight is 530 g/mol. The molecule has 6 heteroatoms. The van der Waals surface area contributed by atoms with Crippen molar-refractivity contribution >= 4 is 29.1 Å². The number of ether oxygens (including phenoxy) is 1. The number of hydrogen-bond donors (Lipinski definition) is 0. The minimum atomic E-state index is -0.708. The third-order valence-corrected chi connectivity index (χ3v) is 9.92. The number of alkyl halides is 2. The molecule has 3 fully saturated rings. The van der Waals surface area contributed by atoms with E-state index < -0.39 is 4.33 Å². The van der Waals surface area contributed by atoms with Gasteiger partial charge in [0.25, 0.3) is 5.91 Å². The summed E-state index contributed by atoms with van der Waals surface area (Å²) in [6, 6.07) is 14.9. The topological polar surface area (TPSA) is 32.8 Å². The lowest BCUT2D eigenvalue weighted by Gasteiger charge is -2.42. The molecule has 0 bridgehead atoms. The molecule has 1 amide bonds. The predicted octanol–water partition coefficient (Wildman–Crippen LogP) is 6.75. The van der Waals surface area contributed by atoms with Crippen LogP contribution < -0.4 is 4.74 Å². The SMILES string of the molecule is Cc1cccc(C)c1C(=O)N1CCC(N2CCC3(CC2)C(c2ccc(OC(C)C)cc2)C3(Cl)Cl)CC1. The van der Waals surface area contributed by atoms with Gasteiger partial charge in [-0.05, 0) is 95.3 Å². The standard InChI is InChI=1S/C30H38Cl2N2O2/c1-20(2)36-25-10-8-23(9-11-25)27-29(30(27,31)32)14-18-33(19-15-29)24-12-16-34(17-13-24)28(35)26-21(3)6-5-7-22(26)4/h5-11,20,24,27H,12-19H2,1-4H3. The minimum Gasteiger partial charge on any atom is -0.491 e. The molecule has 194 valence electrons. The largest absolute Gasteiger partial charge is 0.491 e. The summed E-state index contributed by atoms with van der Waals surface area (Å²) in [5, 5.41) is 0. The van der Waals surface area contributed by atoms with Gasteiger partial charge in [-0.25, -0.2) is 0 Å².